The molecule has 0 aliphatic carbocycles. The topological polar surface area (TPSA) is 34.0 Å². The van der Waals surface area contributed by atoms with E-state index in [1.807, 2.05) is 30.0 Å². The highest BCUT2D eigenvalue weighted by molar-refractivity contribution is 5.97. The SMILES string of the molecule is COc1ccc(C)cc1C(=O)N1CC[NH+](Cc2cccc(C)c2)CC1. The number of aryl methyl sites for hydroxylation is 2. The number of nitrogens with zero attached hydrogens (tertiary/aromatic N) is 1. The largest absolute Gasteiger partial charge is 0.496 e. The van der Waals surface area contributed by atoms with Crippen LogP contribution >= 0.6 is 0 Å². The zero-order valence-corrected chi connectivity index (χ0v) is 15.3. The summed E-state index contributed by atoms with van der Waals surface area (Å²) in [5.74, 6) is 0.736. The highest BCUT2D eigenvalue weighted by Crippen LogP contribution is 2.21. The number of hydrogen-bond donors (Lipinski definition) is 1. The fraction of sp³-hybridized carbons (Fsp3) is 0.381. The van der Waals surface area contributed by atoms with Crippen molar-refractivity contribution in [3.8, 4) is 5.75 Å². The molecule has 0 unspecified atom stereocenters. The maximum atomic E-state index is 12.9. The van der Waals surface area contributed by atoms with E-state index in [-0.39, 0.29) is 5.91 Å². The first kappa shape index (κ1) is 17.5. The van der Waals surface area contributed by atoms with Gasteiger partial charge in [-0.25, -0.2) is 0 Å². The average molecular weight is 339 g/mol. The Bertz CT molecular complexity index is 749. The summed E-state index contributed by atoms with van der Waals surface area (Å²) in [5, 5.41) is 0. The summed E-state index contributed by atoms with van der Waals surface area (Å²) in [7, 11) is 1.62. The van der Waals surface area contributed by atoms with Gasteiger partial charge in [-0.3, -0.25) is 4.79 Å². The Hall–Kier alpha value is -2.33. The first-order chi connectivity index (χ1) is 12.1. The Morgan fingerprint density at radius 1 is 1.08 bits per heavy atom. The van der Waals surface area contributed by atoms with Crippen LogP contribution in [0.5, 0.6) is 5.75 Å². The second-order valence-electron chi connectivity index (χ2n) is 6.91. The standard InChI is InChI=1S/C21H26N2O2/c1-16-5-4-6-18(13-16)15-22-9-11-23(12-10-22)21(24)19-14-17(2)7-8-20(19)25-3/h4-8,13-14H,9-12,15H2,1-3H3/p+1. The number of carbonyl (C=O) groups is 1. The smallest absolute Gasteiger partial charge is 0.258 e. The van der Waals surface area contributed by atoms with Crippen molar-refractivity contribution in [2.24, 2.45) is 0 Å². The Kier molecular flexibility index (Phi) is 5.39. The molecule has 2 aromatic carbocycles. The highest BCUT2D eigenvalue weighted by Gasteiger charge is 2.26. The summed E-state index contributed by atoms with van der Waals surface area (Å²) >= 11 is 0. The van der Waals surface area contributed by atoms with Crippen LogP contribution in [0, 0.1) is 13.8 Å². The van der Waals surface area contributed by atoms with E-state index >= 15 is 0 Å². The van der Waals surface area contributed by atoms with Crippen LogP contribution in [-0.2, 0) is 6.54 Å². The summed E-state index contributed by atoms with van der Waals surface area (Å²) in [6, 6.07) is 14.5. The van der Waals surface area contributed by atoms with E-state index in [4.69, 9.17) is 4.74 Å². The zero-order chi connectivity index (χ0) is 17.8. The van der Waals surface area contributed by atoms with Crippen molar-refractivity contribution in [2.45, 2.75) is 20.4 Å². The lowest BCUT2D eigenvalue weighted by Gasteiger charge is -2.32. The first-order valence-corrected chi connectivity index (χ1v) is 8.90. The van der Waals surface area contributed by atoms with Gasteiger partial charge < -0.3 is 14.5 Å². The van der Waals surface area contributed by atoms with Gasteiger partial charge in [0.05, 0.1) is 38.9 Å². The van der Waals surface area contributed by atoms with Crippen LogP contribution in [0.2, 0.25) is 0 Å². The number of nitrogens with one attached hydrogen (secondary N) is 1. The monoisotopic (exact) mass is 339 g/mol. The minimum Gasteiger partial charge on any atom is -0.496 e. The molecule has 0 atom stereocenters. The number of piperazine rings is 1. The van der Waals surface area contributed by atoms with Gasteiger partial charge in [-0.05, 0) is 26.0 Å². The van der Waals surface area contributed by atoms with E-state index in [1.165, 1.54) is 16.0 Å². The fourth-order valence-corrected chi connectivity index (χ4v) is 3.47. The predicted molar refractivity (Wildman–Crippen MR) is 99.2 cm³/mol. The molecule has 1 N–H and O–H groups in total. The van der Waals surface area contributed by atoms with Crippen molar-refractivity contribution in [2.75, 3.05) is 33.3 Å². The first-order valence-electron chi connectivity index (χ1n) is 8.90. The lowest BCUT2D eigenvalue weighted by atomic mass is 10.1. The van der Waals surface area contributed by atoms with Crippen LogP contribution in [0.15, 0.2) is 42.5 Å². The van der Waals surface area contributed by atoms with Crippen LogP contribution < -0.4 is 9.64 Å². The maximum absolute atomic E-state index is 12.9. The number of ether oxygens (including phenoxy) is 1. The van der Waals surface area contributed by atoms with Crippen molar-refractivity contribution in [1.82, 2.24) is 4.90 Å². The second-order valence-corrected chi connectivity index (χ2v) is 6.91. The maximum Gasteiger partial charge on any atom is 0.258 e. The molecule has 0 saturated carbocycles. The molecule has 1 saturated heterocycles. The molecule has 2 aromatic rings. The molecule has 1 aliphatic heterocycles. The van der Waals surface area contributed by atoms with Gasteiger partial charge in [0.15, 0.2) is 0 Å². The summed E-state index contributed by atoms with van der Waals surface area (Å²) in [4.78, 5) is 16.4. The molecule has 1 heterocycles. The van der Waals surface area contributed by atoms with E-state index in [9.17, 15) is 4.79 Å². The van der Waals surface area contributed by atoms with Crippen molar-refractivity contribution in [3.05, 3.63) is 64.7 Å². The molecule has 0 radical (unpaired) electrons. The second kappa shape index (κ2) is 7.70. The number of rotatable bonds is 4. The number of carbonyl (C=O) groups excluding carboxylic acids is 1. The molecule has 1 amide bonds. The molecule has 4 heteroatoms. The molecule has 25 heavy (non-hydrogen) atoms. The van der Waals surface area contributed by atoms with E-state index in [2.05, 4.69) is 31.2 Å². The van der Waals surface area contributed by atoms with Crippen molar-refractivity contribution < 1.29 is 14.4 Å². The lowest BCUT2D eigenvalue weighted by Crippen LogP contribution is -3.13. The molecule has 0 aromatic heterocycles. The van der Waals surface area contributed by atoms with Gasteiger partial charge in [-0.2, -0.15) is 0 Å². The van der Waals surface area contributed by atoms with Gasteiger partial charge in [-0.1, -0.05) is 41.5 Å². The van der Waals surface area contributed by atoms with Crippen molar-refractivity contribution >= 4 is 5.91 Å². The number of methoxy groups -OCH3 is 1. The molecular formula is C21H27N2O2+. The molecule has 132 valence electrons. The Morgan fingerprint density at radius 2 is 1.80 bits per heavy atom. The van der Waals surface area contributed by atoms with Gasteiger partial charge in [0.25, 0.3) is 5.91 Å². The van der Waals surface area contributed by atoms with Gasteiger partial charge in [0.2, 0.25) is 0 Å². The lowest BCUT2D eigenvalue weighted by molar-refractivity contribution is -0.917. The van der Waals surface area contributed by atoms with Crippen LogP contribution in [0.1, 0.15) is 27.0 Å². The Labute approximate surface area is 150 Å². The van der Waals surface area contributed by atoms with E-state index in [1.54, 1.807) is 7.11 Å². The number of amides is 1. The number of hydrogen-bond acceptors (Lipinski definition) is 2. The minimum atomic E-state index is 0.0788. The predicted octanol–water partition coefficient (Wildman–Crippen LogP) is 1.85. The average Bonchev–Trinajstić information content (AvgIpc) is 2.62. The van der Waals surface area contributed by atoms with E-state index in [0.29, 0.717) is 11.3 Å². The van der Waals surface area contributed by atoms with Gasteiger partial charge >= 0.3 is 0 Å². The summed E-state index contributed by atoms with van der Waals surface area (Å²) < 4.78 is 5.37. The van der Waals surface area contributed by atoms with Crippen LogP contribution in [-0.4, -0.2) is 44.1 Å². The fourth-order valence-electron chi connectivity index (χ4n) is 3.47. The third-order valence-electron chi connectivity index (χ3n) is 4.88. The molecule has 0 bridgehead atoms. The normalized spacial score (nSPS) is 15.2. The van der Waals surface area contributed by atoms with Gasteiger partial charge in [0, 0.05) is 5.56 Å². The van der Waals surface area contributed by atoms with Crippen molar-refractivity contribution in [3.63, 3.8) is 0 Å². The third kappa shape index (κ3) is 4.20. The molecular weight excluding hydrogens is 312 g/mol. The summed E-state index contributed by atoms with van der Waals surface area (Å²) in [5.41, 5.74) is 4.42. The minimum absolute atomic E-state index is 0.0788. The van der Waals surface area contributed by atoms with Crippen LogP contribution in [0.25, 0.3) is 0 Å². The molecule has 1 aliphatic rings. The number of quaternary nitrogens is 1. The Balaban J connectivity index is 1.62. The van der Waals surface area contributed by atoms with E-state index < -0.39 is 0 Å². The van der Waals surface area contributed by atoms with E-state index in [0.717, 1.165) is 38.3 Å². The molecule has 4 nitrogen and oxygen atoms in total. The third-order valence-corrected chi connectivity index (χ3v) is 4.88. The summed E-state index contributed by atoms with van der Waals surface area (Å²) in [6.45, 7) is 8.69. The molecule has 1 fully saturated rings. The number of benzene rings is 2. The zero-order valence-electron chi connectivity index (χ0n) is 15.3. The summed E-state index contributed by atoms with van der Waals surface area (Å²) in [6.07, 6.45) is 0. The van der Waals surface area contributed by atoms with Gasteiger partial charge in [-0.15, -0.1) is 0 Å². The Morgan fingerprint density at radius 3 is 2.48 bits per heavy atom. The van der Waals surface area contributed by atoms with Crippen LogP contribution in [0.4, 0.5) is 0 Å². The highest BCUT2D eigenvalue weighted by atomic mass is 16.5. The molecule has 0 spiro atoms. The van der Waals surface area contributed by atoms with Crippen molar-refractivity contribution in [1.29, 1.82) is 0 Å². The molecule has 3 rings (SSSR count). The van der Waals surface area contributed by atoms with Gasteiger partial charge in [0.1, 0.15) is 12.3 Å². The van der Waals surface area contributed by atoms with Crippen LogP contribution in [0.3, 0.4) is 0 Å². The quantitative estimate of drug-likeness (QED) is 0.922.